The fourth-order valence-corrected chi connectivity index (χ4v) is 8.32. The summed E-state index contributed by atoms with van der Waals surface area (Å²) in [6, 6.07) is 0.690. The lowest BCUT2D eigenvalue weighted by atomic mass is 9.94. The van der Waals surface area contributed by atoms with Crippen LogP contribution in [0.5, 0.6) is 0 Å². The first-order valence-electron chi connectivity index (χ1n) is 7.76. The van der Waals surface area contributed by atoms with Gasteiger partial charge in [-0.3, -0.25) is 4.99 Å². The van der Waals surface area contributed by atoms with Gasteiger partial charge in [0.2, 0.25) is 0 Å². The van der Waals surface area contributed by atoms with Gasteiger partial charge in [0, 0.05) is 11.8 Å². The zero-order valence-electron chi connectivity index (χ0n) is 12.4. The van der Waals surface area contributed by atoms with E-state index >= 15 is 0 Å². The zero-order valence-corrected chi connectivity index (χ0v) is 14.2. The van der Waals surface area contributed by atoms with Crippen LogP contribution in [-0.4, -0.2) is 24.2 Å². The molecular formula is C15H29NSSi. The van der Waals surface area contributed by atoms with Crippen molar-refractivity contribution < 1.29 is 0 Å². The van der Waals surface area contributed by atoms with Crippen LogP contribution in [0.3, 0.4) is 0 Å². The van der Waals surface area contributed by atoms with Crippen molar-refractivity contribution in [1.29, 1.82) is 0 Å². The van der Waals surface area contributed by atoms with Gasteiger partial charge in [-0.2, -0.15) is 11.2 Å². The molecule has 0 unspecified atom stereocenters. The second kappa shape index (κ2) is 6.60. The molecule has 1 nitrogen and oxygen atoms in total. The fraction of sp³-hybridized carbons (Fsp3) is 0.933. The smallest absolute Gasteiger partial charge is 0.108 e. The Kier molecular flexibility index (Phi) is 5.37. The van der Waals surface area contributed by atoms with Crippen LogP contribution >= 0.6 is 11.2 Å². The van der Waals surface area contributed by atoms with Gasteiger partial charge in [-0.25, -0.2) is 0 Å². The first kappa shape index (κ1) is 14.6. The van der Waals surface area contributed by atoms with Crippen molar-refractivity contribution in [2.75, 3.05) is 0 Å². The van der Waals surface area contributed by atoms with Crippen LogP contribution in [0.15, 0.2) is 4.99 Å². The molecule has 2 rings (SSSR count). The van der Waals surface area contributed by atoms with E-state index in [1.54, 1.807) is 5.71 Å². The highest BCUT2D eigenvalue weighted by Gasteiger charge is 2.25. The van der Waals surface area contributed by atoms with Crippen LogP contribution in [0.1, 0.15) is 57.8 Å². The quantitative estimate of drug-likeness (QED) is 0.643. The largest absolute Gasteiger partial charge is 0.291 e. The van der Waals surface area contributed by atoms with Crippen molar-refractivity contribution in [2.45, 2.75) is 88.7 Å². The van der Waals surface area contributed by atoms with E-state index in [2.05, 4.69) is 30.9 Å². The molecule has 0 heterocycles. The second-order valence-corrected chi connectivity index (χ2v) is 16.4. The minimum absolute atomic E-state index is 0.690. The minimum atomic E-state index is -0.932. The Morgan fingerprint density at radius 2 is 1.56 bits per heavy atom. The van der Waals surface area contributed by atoms with Gasteiger partial charge >= 0.3 is 0 Å². The number of hydrogen-bond acceptors (Lipinski definition) is 2. The summed E-state index contributed by atoms with van der Waals surface area (Å²) in [5.74, 6) is 0. The molecule has 2 aliphatic carbocycles. The third kappa shape index (κ3) is 5.08. The van der Waals surface area contributed by atoms with E-state index in [1.165, 1.54) is 57.8 Å². The molecule has 0 radical (unpaired) electrons. The summed E-state index contributed by atoms with van der Waals surface area (Å²) in [7, 11) is -0.932. The first-order valence-corrected chi connectivity index (χ1v) is 12.9. The van der Waals surface area contributed by atoms with Gasteiger partial charge in [0.05, 0.1) is 0 Å². The van der Waals surface area contributed by atoms with Gasteiger partial charge in [0.25, 0.3) is 0 Å². The lowest BCUT2D eigenvalue weighted by molar-refractivity contribution is 0.441. The van der Waals surface area contributed by atoms with Gasteiger partial charge in [-0.1, -0.05) is 38.9 Å². The Morgan fingerprint density at radius 1 is 0.944 bits per heavy atom. The molecule has 2 fully saturated rings. The normalized spacial score (nSPS) is 27.3. The van der Waals surface area contributed by atoms with Gasteiger partial charge in [-0.15, -0.1) is 0 Å². The van der Waals surface area contributed by atoms with Crippen LogP contribution in [0.4, 0.5) is 0 Å². The van der Waals surface area contributed by atoms with Crippen LogP contribution in [0, 0.1) is 0 Å². The molecule has 0 aliphatic heterocycles. The molecule has 0 N–H and O–H groups in total. The maximum Gasteiger partial charge on any atom is 0.108 e. The van der Waals surface area contributed by atoms with E-state index < -0.39 is 7.22 Å². The van der Waals surface area contributed by atoms with Crippen molar-refractivity contribution in [3.05, 3.63) is 0 Å². The molecule has 0 saturated heterocycles. The average molecular weight is 284 g/mol. The maximum absolute atomic E-state index is 5.04. The zero-order chi connectivity index (χ0) is 13.0. The third-order valence-electron chi connectivity index (χ3n) is 3.97. The molecular weight excluding hydrogens is 254 g/mol. The number of rotatable bonds is 3. The Bertz CT molecular complexity index is 279. The van der Waals surface area contributed by atoms with E-state index in [4.69, 9.17) is 4.99 Å². The highest BCUT2D eigenvalue weighted by molar-refractivity contribution is 8.29. The summed E-state index contributed by atoms with van der Waals surface area (Å²) in [4.78, 5) is 5.04. The lowest BCUT2D eigenvalue weighted by Crippen LogP contribution is -2.25. The van der Waals surface area contributed by atoms with Crippen molar-refractivity contribution in [1.82, 2.24) is 0 Å². The molecule has 104 valence electrons. The predicted octanol–water partition coefficient (Wildman–Crippen LogP) is 5.27. The van der Waals surface area contributed by atoms with Crippen molar-refractivity contribution in [2.24, 2.45) is 4.99 Å². The minimum Gasteiger partial charge on any atom is -0.291 e. The van der Waals surface area contributed by atoms with E-state index in [0.717, 1.165) is 5.25 Å². The standard InChI is InChI=1S/C15H29NSSi/c1-18(2,3)17-15-11-9-14(10-12-15)16-13-7-5-4-6-8-13/h13,15H,4-12H2,1-3H3. The Hall–Kier alpha value is 0.237. The Balaban J connectivity index is 1.77. The fourth-order valence-electron chi connectivity index (χ4n) is 3.14. The monoisotopic (exact) mass is 283 g/mol. The molecule has 0 atom stereocenters. The molecule has 0 bridgehead atoms. The third-order valence-corrected chi connectivity index (χ3v) is 8.60. The number of hydrogen-bond donors (Lipinski definition) is 0. The molecule has 0 amide bonds. The summed E-state index contributed by atoms with van der Waals surface area (Å²) in [6.45, 7) is 7.43. The molecule has 2 saturated carbocycles. The number of aliphatic imine (C=N–C) groups is 1. The summed E-state index contributed by atoms with van der Waals surface area (Å²) < 4.78 is 0. The molecule has 0 aromatic rings. The highest BCUT2D eigenvalue weighted by Crippen LogP contribution is 2.34. The Labute approximate surface area is 118 Å². The molecule has 0 spiro atoms. The average Bonchev–Trinajstić information content (AvgIpc) is 2.31. The van der Waals surface area contributed by atoms with E-state index in [0.29, 0.717) is 6.04 Å². The summed E-state index contributed by atoms with van der Waals surface area (Å²) in [5.41, 5.74) is 1.55. The van der Waals surface area contributed by atoms with Gasteiger partial charge in [0.1, 0.15) is 7.22 Å². The van der Waals surface area contributed by atoms with Gasteiger partial charge in [0.15, 0.2) is 0 Å². The van der Waals surface area contributed by atoms with E-state index in [-0.39, 0.29) is 0 Å². The predicted molar refractivity (Wildman–Crippen MR) is 87.5 cm³/mol. The van der Waals surface area contributed by atoms with Crippen LogP contribution in [0.25, 0.3) is 0 Å². The van der Waals surface area contributed by atoms with Crippen molar-refractivity contribution in [3.8, 4) is 0 Å². The summed E-state index contributed by atoms with van der Waals surface area (Å²) >= 11 is 2.31. The van der Waals surface area contributed by atoms with Crippen molar-refractivity contribution >= 4 is 24.1 Å². The molecule has 3 heteroatoms. The van der Waals surface area contributed by atoms with E-state index in [9.17, 15) is 0 Å². The summed E-state index contributed by atoms with van der Waals surface area (Å²) in [6.07, 6.45) is 12.3. The maximum atomic E-state index is 5.04. The molecule has 18 heavy (non-hydrogen) atoms. The van der Waals surface area contributed by atoms with Crippen LogP contribution < -0.4 is 0 Å². The first-order chi connectivity index (χ1) is 8.53. The second-order valence-electron chi connectivity index (χ2n) is 6.92. The van der Waals surface area contributed by atoms with Crippen LogP contribution in [0.2, 0.25) is 19.6 Å². The molecule has 0 aromatic carbocycles. The van der Waals surface area contributed by atoms with Crippen LogP contribution in [-0.2, 0) is 0 Å². The Morgan fingerprint density at radius 3 is 2.11 bits per heavy atom. The topological polar surface area (TPSA) is 12.4 Å². The van der Waals surface area contributed by atoms with Gasteiger partial charge < -0.3 is 0 Å². The van der Waals surface area contributed by atoms with E-state index in [1.807, 2.05) is 0 Å². The number of nitrogens with zero attached hydrogens (tertiary/aromatic N) is 1. The molecule has 0 aromatic heterocycles. The highest BCUT2D eigenvalue weighted by atomic mass is 32.4. The SMILES string of the molecule is C[Si](C)(C)SC1CCC(=NC2CCCCC2)CC1. The van der Waals surface area contributed by atoms with Crippen molar-refractivity contribution in [3.63, 3.8) is 0 Å². The summed E-state index contributed by atoms with van der Waals surface area (Å²) in [5, 5.41) is 0.932. The van der Waals surface area contributed by atoms with Gasteiger partial charge in [-0.05, 0) is 43.8 Å². The lowest BCUT2D eigenvalue weighted by Gasteiger charge is -2.29. The molecule has 2 aliphatic rings.